The molecule has 0 saturated carbocycles. The summed E-state index contributed by atoms with van der Waals surface area (Å²) in [6, 6.07) is 5.55. The molecule has 2 N–H and O–H groups in total. The Morgan fingerprint density at radius 2 is 2.08 bits per heavy atom. The van der Waals surface area contributed by atoms with Gasteiger partial charge < -0.3 is 10.5 Å². The molecule has 0 aliphatic heterocycles. The van der Waals surface area contributed by atoms with Crippen LogP contribution in [0.3, 0.4) is 0 Å². The molecule has 3 heterocycles. The summed E-state index contributed by atoms with van der Waals surface area (Å²) >= 11 is 6.36. The van der Waals surface area contributed by atoms with Crippen molar-refractivity contribution in [1.82, 2.24) is 19.6 Å². The Morgan fingerprint density at radius 3 is 2.80 bits per heavy atom. The lowest BCUT2D eigenvalue weighted by atomic mass is 9.93. The molecule has 0 aliphatic carbocycles. The van der Waals surface area contributed by atoms with Gasteiger partial charge in [-0.1, -0.05) is 18.5 Å². The van der Waals surface area contributed by atoms with E-state index < -0.39 is 0 Å². The lowest BCUT2D eigenvalue weighted by molar-refractivity contribution is 0.223. The number of halogens is 1. The van der Waals surface area contributed by atoms with Gasteiger partial charge in [-0.3, -0.25) is 0 Å². The highest BCUT2D eigenvalue weighted by atomic mass is 35.5. The Hall–Kier alpha value is -2.18. The molecule has 6 nitrogen and oxygen atoms in total. The molecule has 0 aliphatic rings. The molecule has 3 aromatic heterocycles. The highest BCUT2D eigenvalue weighted by molar-refractivity contribution is 6.32. The van der Waals surface area contributed by atoms with Gasteiger partial charge in [0.25, 0.3) is 0 Å². The third-order valence-corrected chi connectivity index (χ3v) is 4.04. The highest BCUT2D eigenvalue weighted by Gasteiger charge is 2.17. The minimum atomic E-state index is -0.222. The van der Waals surface area contributed by atoms with E-state index in [1.807, 2.05) is 32.0 Å². The normalized spacial score (nSPS) is 13.2. The first kappa shape index (κ1) is 17.6. The van der Waals surface area contributed by atoms with Gasteiger partial charge >= 0.3 is 0 Å². The van der Waals surface area contributed by atoms with Crippen LogP contribution in [0.1, 0.15) is 27.2 Å². The molecule has 0 spiro atoms. The van der Waals surface area contributed by atoms with Crippen molar-refractivity contribution in [3.63, 3.8) is 0 Å². The van der Waals surface area contributed by atoms with E-state index in [-0.39, 0.29) is 5.54 Å². The second-order valence-electron chi connectivity index (χ2n) is 7.05. The molecule has 0 bridgehead atoms. The summed E-state index contributed by atoms with van der Waals surface area (Å²) in [5, 5.41) is 4.75. The van der Waals surface area contributed by atoms with Crippen molar-refractivity contribution in [3.05, 3.63) is 41.8 Å². The van der Waals surface area contributed by atoms with E-state index in [0.717, 1.165) is 23.3 Å². The summed E-state index contributed by atoms with van der Waals surface area (Å²) in [7, 11) is 0. The van der Waals surface area contributed by atoms with Crippen LogP contribution in [0, 0.1) is 5.92 Å². The number of ether oxygens (including phenoxy) is 1. The molecule has 132 valence electrons. The topological polar surface area (TPSA) is 78.3 Å². The molecular formula is C18H22ClN5O. The van der Waals surface area contributed by atoms with Gasteiger partial charge in [-0.05, 0) is 38.3 Å². The monoisotopic (exact) mass is 359 g/mol. The van der Waals surface area contributed by atoms with Crippen LogP contribution >= 0.6 is 11.6 Å². The van der Waals surface area contributed by atoms with Gasteiger partial charge in [0.2, 0.25) is 5.88 Å². The van der Waals surface area contributed by atoms with Gasteiger partial charge in [-0.25, -0.2) is 14.5 Å². The third kappa shape index (κ3) is 4.27. The summed E-state index contributed by atoms with van der Waals surface area (Å²) in [6.45, 7) is 6.64. The Bertz CT molecular complexity index is 871. The predicted octanol–water partition coefficient (Wildman–Crippen LogP) is 3.59. The van der Waals surface area contributed by atoms with E-state index in [1.165, 1.54) is 0 Å². The van der Waals surface area contributed by atoms with E-state index in [2.05, 4.69) is 22.0 Å². The van der Waals surface area contributed by atoms with Crippen LogP contribution in [-0.2, 0) is 0 Å². The SMILES string of the molecule is C[C@H](COc1ncc(-c2ccnc3ccnn23)cc1Cl)CC(C)(C)N. The molecule has 7 heteroatoms. The van der Waals surface area contributed by atoms with Gasteiger partial charge in [-0.15, -0.1) is 0 Å². The first-order chi connectivity index (χ1) is 11.8. The van der Waals surface area contributed by atoms with E-state index in [0.29, 0.717) is 23.4 Å². The molecule has 0 saturated heterocycles. The zero-order valence-corrected chi connectivity index (χ0v) is 15.4. The van der Waals surface area contributed by atoms with Crippen molar-refractivity contribution < 1.29 is 4.74 Å². The van der Waals surface area contributed by atoms with Crippen LogP contribution in [0.5, 0.6) is 5.88 Å². The van der Waals surface area contributed by atoms with Crippen molar-refractivity contribution in [2.45, 2.75) is 32.7 Å². The number of aromatic nitrogens is 4. The largest absolute Gasteiger partial charge is 0.476 e. The second-order valence-corrected chi connectivity index (χ2v) is 7.46. The standard InChI is InChI=1S/C18H22ClN5O/c1-12(9-18(2,3)20)11-25-17-14(19)8-13(10-22-17)15-4-6-21-16-5-7-23-24(15)16/h4-8,10,12H,9,11,20H2,1-3H3/t12-/m0/s1. The summed E-state index contributed by atoms with van der Waals surface area (Å²) < 4.78 is 7.52. The summed E-state index contributed by atoms with van der Waals surface area (Å²) in [5.41, 5.74) is 8.32. The lowest BCUT2D eigenvalue weighted by Gasteiger charge is -2.23. The van der Waals surface area contributed by atoms with E-state index in [1.54, 1.807) is 23.1 Å². The lowest BCUT2D eigenvalue weighted by Crippen LogP contribution is -2.35. The van der Waals surface area contributed by atoms with Crippen LogP contribution in [0.15, 0.2) is 36.8 Å². The van der Waals surface area contributed by atoms with Crippen molar-refractivity contribution in [2.24, 2.45) is 11.7 Å². The number of nitrogens with zero attached hydrogens (tertiary/aromatic N) is 4. The molecule has 1 atom stereocenters. The summed E-state index contributed by atoms with van der Waals surface area (Å²) in [4.78, 5) is 8.62. The smallest absolute Gasteiger partial charge is 0.232 e. The zero-order chi connectivity index (χ0) is 18.0. The van der Waals surface area contributed by atoms with Gasteiger partial charge in [-0.2, -0.15) is 5.10 Å². The number of hydrogen-bond acceptors (Lipinski definition) is 5. The fraction of sp³-hybridized carbons (Fsp3) is 0.389. The number of rotatable bonds is 6. The summed E-state index contributed by atoms with van der Waals surface area (Å²) in [5.74, 6) is 0.735. The van der Waals surface area contributed by atoms with Crippen molar-refractivity contribution in [1.29, 1.82) is 0 Å². The molecule has 25 heavy (non-hydrogen) atoms. The molecule has 0 unspecified atom stereocenters. The predicted molar refractivity (Wildman–Crippen MR) is 98.8 cm³/mol. The van der Waals surface area contributed by atoms with Gasteiger partial charge in [0, 0.05) is 29.6 Å². The maximum absolute atomic E-state index is 6.36. The maximum atomic E-state index is 6.36. The number of hydrogen-bond donors (Lipinski definition) is 1. The van der Waals surface area contributed by atoms with Gasteiger partial charge in [0.15, 0.2) is 5.65 Å². The maximum Gasteiger partial charge on any atom is 0.232 e. The average Bonchev–Trinajstić information content (AvgIpc) is 3.00. The average molecular weight is 360 g/mol. The molecule has 0 radical (unpaired) electrons. The molecule has 3 rings (SSSR count). The van der Waals surface area contributed by atoms with E-state index in [4.69, 9.17) is 22.1 Å². The Morgan fingerprint density at radius 1 is 1.28 bits per heavy atom. The third-order valence-electron chi connectivity index (χ3n) is 3.77. The fourth-order valence-electron chi connectivity index (χ4n) is 2.90. The summed E-state index contributed by atoms with van der Waals surface area (Å²) in [6.07, 6.45) is 6.03. The fourth-order valence-corrected chi connectivity index (χ4v) is 3.12. The number of fused-ring (bicyclic) bond motifs is 1. The Labute approximate surface area is 152 Å². The van der Waals surface area contributed by atoms with Crippen LogP contribution in [0.4, 0.5) is 0 Å². The van der Waals surface area contributed by atoms with Crippen LogP contribution in [-0.4, -0.2) is 31.7 Å². The molecule has 3 aromatic rings. The zero-order valence-electron chi connectivity index (χ0n) is 14.6. The quantitative estimate of drug-likeness (QED) is 0.727. The van der Waals surface area contributed by atoms with Crippen molar-refractivity contribution in [2.75, 3.05) is 6.61 Å². The van der Waals surface area contributed by atoms with Crippen LogP contribution in [0.25, 0.3) is 16.9 Å². The van der Waals surface area contributed by atoms with Crippen molar-refractivity contribution in [3.8, 4) is 17.1 Å². The van der Waals surface area contributed by atoms with Crippen LogP contribution in [0.2, 0.25) is 5.02 Å². The van der Waals surface area contributed by atoms with Gasteiger partial charge in [0.05, 0.1) is 18.5 Å². The second kappa shape index (κ2) is 6.98. The number of pyridine rings is 1. The minimum absolute atomic E-state index is 0.222. The Balaban J connectivity index is 1.76. The Kier molecular flexibility index (Phi) is 4.92. The molecule has 0 fully saturated rings. The van der Waals surface area contributed by atoms with E-state index in [9.17, 15) is 0 Å². The molecular weight excluding hydrogens is 338 g/mol. The first-order valence-corrected chi connectivity index (χ1v) is 8.57. The highest BCUT2D eigenvalue weighted by Crippen LogP contribution is 2.28. The van der Waals surface area contributed by atoms with Crippen molar-refractivity contribution >= 4 is 17.2 Å². The minimum Gasteiger partial charge on any atom is -0.476 e. The number of nitrogens with two attached hydrogens (primary N) is 1. The first-order valence-electron chi connectivity index (χ1n) is 8.20. The van der Waals surface area contributed by atoms with Crippen LogP contribution < -0.4 is 10.5 Å². The van der Waals surface area contributed by atoms with E-state index >= 15 is 0 Å². The van der Waals surface area contributed by atoms with Gasteiger partial charge in [0.1, 0.15) is 5.02 Å². The molecule has 0 amide bonds. The molecule has 0 aromatic carbocycles.